The lowest BCUT2D eigenvalue weighted by atomic mass is 10.1. The van der Waals surface area contributed by atoms with E-state index >= 15 is 0 Å². The summed E-state index contributed by atoms with van der Waals surface area (Å²) >= 11 is 0. The number of aryl methyl sites for hydroxylation is 1. The van der Waals surface area contributed by atoms with Gasteiger partial charge >= 0.3 is 5.69 Å². The molecule has 0 spiro atoms. The highest BCUT2D eigenvalue weighted by molar-refractivity contribution is 5.39. The number of para-hydroxylation sites is 1. The number of aromatic nitrogens is 2. The Hall–Kier alpha value is -2.34. The van der Waals surface area contributed by atoms with Crippen molar-refractivity contribution in [1.29, 1.82) is 0 Å². The molecule has 0 saturated heterocycles. The zero-order valence-electron chi connectivity index (χ0n) is 12.0. The summed E-state index contributed by atoms with van der Waals surface area (Å²) in [7, 11) is 3.13. The summed E-state index contributed by atoms with van der Waals surface area (Å²) in [5.41, 5.74) is 1.07. The average Bonchev–Trinajstić information content (AvgIpc) is 2.91. The summed E-state index contributed by atoms with van der Waals surface area (Å²) in [6.07, 6.45) is 1.58. The van der Waals surface area contributed by atoms with Gasteiger partial charge in [-0.15, -0.1) is 0 Å². The Bertz CT molecular complexity index is 791. The van der Waals surface area contributed by atoms with Gasteiger partial charge in [-0.05, 0) is 6.07 Å². The molecule has 110 valence electrons. The summed E-state index contributed by atoms with van der Waals surface area (Å²) in [6.45, 7) is 0.939. The van der Waals surface area contributed by atoms with Crippen molar-refractivity contribution < 1.29 is 4.74 Å². The van der Waals surface area contributed by atoms with E-state index in [0.717, 1.165) is 15.9 Å². The van der Waals surface area contributed by atoms with Gasteiger partial charge in [-0.1, -0.05) is 18.2 Å². The molecular weight excluding hydrogens is 270 g/mol. The van der Waals surface area contributed by atoms with Gasteiger partial charge < -0.3 is 14.6 Å². The zero-order chi connectivity index (χ0) is 15.0. The van der Waals surface area contributed by atoms with Crippen LogP contribution in [0.3, 0.4) is 0 Å². The van der Waals surface area contributed by atoms with Crippen LogP contribution in [0.5, 0.6) is 5.75 Å². The van der Waals surface area contributed by atoms with Crippen LogP contribution in [0.25, 0.3) is 0 Å². The Morgan fingerprint density at radius 3 is 2.86 bits per heavy atom. The molecule has 3 rings (SSSR count). The van der Waals surface area contributed by atoms with Crippen LogP contribution < -0.4 is 21.3 Å². The van der Waals surface area contributed by atoms with Crippen LogP contribution in [0.15, 0.2) is 40.1 Å². The average molecular weight is 287 g/mol. The van der Waals surface area contributed by atoms with Crippen LogP contribution in [-0.4, -0.2) is 15.7 Å². The molecule has 2 aromatic rings. The first-order chi connectivity index (χ1) is 10.1. The predicted molar refractivity (Wildman–Crippen MR) is 78.4 cm³/mol. The number of benzene rings is 1. The quantitative estimate of drug-likeness (QED) is 0.882. The van der Waals surface area contributed by atoms with Crippen molar-refractivity contribution in [2.45, 2.75) is 12.6 Å². The number of hydrogen-bond donors (Lipinski definition) is 1. The Labute approximate surface area is 121 Å². The molecule has 1 N–H and O–H groups in total. The first kappa shape index (κ1) is 13.6. The minimum absolute atomic E-state index is 0.0585. The van der Waals surface area contributed by atoms with E-state index in [1.807, 2.05) is 24.3 Å². The van der Waals surface area contributed by atoms with Crippen LogP contribution in [0.2, 0.25) is 0 Å². The molecule has 0 amide bonds. The van der Waals surface area contributed by atoms with Gasteiger partial charge in [0.1, 0.15) is 12.4 Å². The van der Waals surface area contributed by atoms with E-state index in [-0.39, 0.29) is 17.3 Å². The molecule has 0 saturated carbocycles. The molecule has 6 nitrogen and oxygen atoms in total. The van der Waals surface area contributed by atoms with Crippen molar-refractivity contribution in [1.82, 2.24) is 14.5 Å². The van der Waals surface area contributed by atoms with Crippen LogP contribution >= 0.6 is 0 Å². The fraction of sp³-hybridized carbons (Fsp3) is 0.333. The summed E-state index contributed by atoms with van der Waals surface area (Å²) in [5, 5.41) is 3.32. The van der Waals surface area contributed by atoms with Gasteiger partial charge in [0.15, 0.2) is 0 Å². The van der Waals surface area contributed by atoms with E-state index < -0.39 is 0 Å². The van der Waals surface area contributed by atoms with E-state index in [2.05, 4.69) is 5.32 Å². The Morgan fingerprint density at radius 2 is 2.05 bits per heavy atom. The molecule has 0 bridgehead atoms. The maximum atomic E-state index is 12.1. The second kappa shape index (κ2) is 5.21. The minimum Gasteiger partial charge on any atom is -0.491 e. The normalized spacial score (nSPS) is 16.6. The molecule has 1 aromatic heterocycles. The minimum atomic E-state index is -0.321. The van der Waals surface area contributed by atoms with Gasteiger partial charge in [0.25, 0.3) is 5.56 Å². The van der Waals surface area contributed by atoms with Gasteiger partial charge in [-0.25, -0.2) is 4.79 Å². The van der Waals surface area contributed by atoms with Crippen molar-refractivity contribution in [2.75, 3.05) is 6.61 Å². The van der Waals surface area contributed by atoms with Crippen molar-refractivity contribution in [3.8, 4) is 5.75 Å². The molecule has 1 atom stereocenters. The molecule has 1 aromatic carbocycles. The van der Waals surface area contributed by atoms with Gasteiger partial charge in [-0.3, -0.25) is 9.36 Å². The van der Waals surface area contributed by atoms with E-state index in [0.29, 0.717) is 18.7 Å². The van der Waals surface area contributed by atoms with Gasteiger partial charge in [0.2, 0.25) is 0 Å². The molecule has 1 aliphatic heterocycles. The number of hydrogen-bond acceptors (Lipinski definition) is 4. The highest BCUT2D eigenvalue weighted by Gasteiger charge is 2.23. The molecular formula is C15H17N3O3. The maximum absolute atomic E-state index is 12.1. The van der Waals surface area contributed by atoms with Gasteiger partial charge in [-0.2, -0.15) is 0 Å². The maximum Gasteiger partial charge on any atom is 0.330 e. The lowest BCUT2D eigenvalue weighted by Gasteiger charge is -2.12. The number of fused-ring (bicyclic) bond motifs is 1. The Kier molecular flexibility index (Phi) is 3.39. The molecule has 0 radical (unpaired) electrons. The van der Waals surface area contributed by atoms with Crippen LogP contribution in [0.1, 0.15) is 17.2 Å². The smallest absolute Gasteiger partial charge is 0.330 e. The predicted octanol–water partition coefficient (Wildman–Crippen LogP) is 0.307. The van der Waals surface area contributed by atoms with E-state index in [4.69, 9.17) is 4.74 Å². The van der Waals surface area contributed by atoms with E-state index in [1.165, 1.54) is 11.6 Å². The highest BCUT2D eigenvalue weighted by Crippen LogP contribution is 2.31. The molecule has 2 heterocycles. The number of nitrogens with one attached hydrogen (secondary N) is 1. The second-order valence-corrected chi connectivity index (χ2v) is 5.19. The third kappa shape index (κ3) is 2.38. The first-order valence-corrected chi connectivity index (χ1v) is 6.78. The standard InChI is InChI=1S/C15H17N3O3/c1-17-8-10(14(19)18(2)15(17)20)7-16-12-9-21-13-6-4-3-5-11(12)13/h3-6,8,12,16H,7,9H2,1-2H3. The SMILES string of the molecule is Cn1cc(CNC2COc3ccccc32)c(=O)n(C)c1=O. The Morgan fingerprint density at radius 1 is 1.29 bits per heavy atom. The topological polar surface area (TPSA) is 65.3 Å². The molecule has 1 aliphatic rings. The van der Waals surface area contributed by atoms with Crippen LogP contribution in [-0.2, 0) is 20.6 Å². The first-order valence-electron chi connectivity index (χ1n) is 6.78. The number of ether oxygens (including phenoxy) is 1. The molecule has 21 heavy (non-hydrogen) atoms. The largest absolute Gasteiger partial charge is 0.491 e. The third-order valence-corrected chi connectivity index (χ3v) is 3.76. The highest BCUT2D eigenvalue weighted by atomic mass is 16.5. The third-order valence-electron chi connectivity index (χ3n) is 3.76. The summed E-state index contributed by atoms with van der Waals surface area (Å²) in [5.74, 6) is 0.878. The number of nitrogens with zero attached hydrogens (tertiary/aromatic N) is 2. The lowest BCUT2D eigenvalue weighted by Crippen LogP contribution is -2.39. The van der Waals surface area contributed by atoms with Crippen molar-refractivity contribution in [3.63, 3.8) is 0 Å². The monoisotopic (exact) mass is 287 g/mol. The summed E-state index contributed by atoms with van der Waals surface area (Å²) < 4.78 is 8.13. The van der Waals surface area contributed by atoms with Gasteiger partial charge in [0.05, 0.1) is 6.04 Å². The Balaban J connectivity index is 1.81. The van der Waals surface area contributed by atoms with Crippen molar-refractivity contribution in [2.24, 2.45) is 14.1 Å². The number of rotatable bonds is 3. The fourth-order valence-electron chi connectivity index (χ4n) is 2.57. The lowest BCUT2D eigenvalue weighted by molar-refractivity contribution is 0.310. The molecule has 0 aliphatic carbocycles. The zero-order valence-corrected chi connectivity index (χ0v) is 12.0. The summed E-state index contributed by atoms with van der Waals surface area (Å²) in [4.78, 5) is 23.7. The van der Waals surface area contributed by atoms with Crippen LogP contribution in [0.4, 0.5) is 0 Å². The molecule has 0 fully saturated rings. The second-order valence-electron chi connectivity index (χ2n) is 5.19. The van der Waals surface area contributed by atoms with Crippen LogP contribution in [0, 0.1) is 0 Å². The van der Waals surface area contributed by atoms with Crippen molar-refractivity contribution >= 4 is 0 Å². The van der Waals surface area contributed by atoms with Crippen molar-refractivity contribution in [3.05, 3.63) is 62.4 Å². The van der Waals surface area contributed by atoms with E-state index in [1.54, 1.807) is 13.2 Å². The fourth-order valence-corrected chi connectivity index (χ4v) is 2.57. The van der Waals surface area contributed by atoms with E-state index in [9.17, 15) is 9.59 Å². The molecule has 1 unspecified atom stereocenters. The van der Waals surface area contributed by atoms with Gasteiger partial charge in [0, 0.05) is 38.0 Å². The summed E-state index contributed by atoms with van der Waals surface area (Å²) in [6, 6.07) is 7.90. The molecule has 6 heteroatoms.